The first-order valence-electron chi connectivity index (χ1n) is 14.6. The maximum atomic E-state index is 5.75. The van der Waals surface area contributed by atoms with Gasteiger partial charge in [-0.15, -0.1) is 0 Å². The van der Waals surface area contributed by atoms with E-state index in [9.17, 15) is 0 Å². The largest absolute Gasteiger partial charge is 0.378 e. The van der Waals surface area contributed by atoms with Crippen LogP contribution >= 0.6 is 0 Å². The van der Waals surface area contributed by atoms with E-state index in [1.54, 1.807) is 0 Å². The SMILES string of the molecule is Cc1cccnc1-c1cccc(-c2[nH]nc3ncc(-c4ccc5c(c4)CC[C@@H](N4C6COCC4C6)CC5)cc23)c1. The van der Waals surface area contributed by atoms with Crippen molar-refractivity contribution < 1.29 is 4.74 Å². The van der Waals surface area contributed by atoms with Crippen LogP contribution in [0.1, 0.15) is 36.0 Å². The molecule has 5 heterocycles. The van der Waals surface area contributed by atoms with Gasteiger partial charge in [-0.25, -0.2) is 4.98 Å². The number of nitrogens with one attached hydrogen (secondary N) is 1. The Bertz CT molecular complexity index is 1710. The molecular formula is C34H33N5O. The molecule has 6 heteroatoms. The van der Waals surface area contributed by atoms with Crippen molar-refractivity contribution in [2.75, 3.05) is 13.2 Å². The molecule has 0 radical (unpaired) electrons. The minimum absolute atomic E-state index is 0.649. The Morgan fingerprint density at radius 1 is 0.800 bits per heavy atom. The number of morpholine rings is 1. The highest BCUT2D eigenvalue weighted by Crippen LogP contribution is 2.38. The van der Waals surface area contributed by atoms with Crippen molar-refractivity contribution in [3.05, 3.63) is 89.7 Å². The number of hydrogen-bond acceptors (Lipinski definition) is 5. The molecule has 2 aromatic carbocycles. The van der Waals surface area contributed by atoms with Crippen molar-refractivity contribution in [1.29, 1.82) is 0 Å². The molecule has 3 aliphatic rings. The lowest BCUT2D eigenvalue weighted by molar-refractivity contribution is -0.148. The van der Waals surface area contributed by atoms with Crippen molar-refractivity contribution in [3.8, 4) is 33.6 Å². The Kier molecular flexibility index (Phi) is 5.78. The van der Waals surface area contributed by atoms with Crippen LogP contribution in [0.2, 0.25) is 0 Å². The maximum Gasteiger partial charge on any atom is 0.181 e. The minimum atomic E-state index is 0.649. The fourth-order valence-corrected chi connectivity index (χ4v) is 7.22. The fourth-order valence-electron chi connectivity index (χ4n) is 7.22. The number of ether oxygens (including phenoxy) is 1. The van der Waals surface area contributed by atoms with E-state index in [1.807, 2.05) is 18.5 Å². The third kappa shape index (κ3) is 4.05. The quantitative estimate of drug-likeness (QED) is 0.275. The van der Waals surface area contributed by atoms with Crippen LogP contribution < -0.4 is 0 Å². The molecule has 40 heavy (non-hydrogen) atoms. The summed E-state index contributed by atoms with van der Waals surface area (Å²) in [5.41, 5.74) is 11.4. The number of aromatic amines is 1. The number of pyridine rings is 2. The number of aryl methyl sites for hydroxylation is 3. The van der Waals surface area contributed by atoms with Gasteiger partial charge in [0, 0.05) is 52.6 Å². The van der Waals surface area contributed by atoms with E-state index < -0.39 is 0 Å². The molecule has 5 aromatic rings. The second-order valence-electron chi connectivity index (χ2n) is 11.7. The first-order chi connectivity index (χ1) is 19.7. The van der Waals surface area contributed by atoms with Gasteiger partial charge in [0.2, 0.25) is 0 Å². The van der Waals surface area contributed by atoms with E-state index in [0.717, 1.165) is 70.7 Å². The van der Waals surface area contributed by atoms with Gasteiger partial charge < -0.3 is 4.74 Å². The summed E-state index contributed by atoms with van der Waals surface area (Å²) in [5.74, 6) is 0. The first kappa shape index (κ1) is 24.0. The zero-order valence-corrected chi connectivity index (χ0v) is 22.8. The van der Waals surface area contributed by atoms with Gasteiger partial charge >= 0.3 is 0 Å². The van der Waals surface area contributed by atoms with Crippen molar-refractivity contribution in [1.82, 2.24) is 25.1 Å². The molecule has 2 bridgehead atoms. The van der Waals surface area contributed by atoms with E-state index in [4.69, 9.17) is 9.72 Å². The Balaban J connectivity index is 1.09. The van der Waals surface area contributed by atoms with Crippen LogP contribution in [0.15, 0.2) is 73.1 Å². The van der Waals surface area contributed by atoms with E-state index in [2.05, 4.69) is 81.6 Å². The number of benzene rings is 2. The third-order valence-corrected chi connectivity index (χ3v) is 9.31. The van der Waals surface area contributed by atoms with E-state index in [1.165, 1.54) is 36.0 Å². The number of hydrogen-bond donors (Lipinski definition) is 1. The molecule has 2 fully saturated rings. The Morgan fingerprint density at radius 2 is 1.65 bits per heavy atom. The second kappa shape index (κ2) is 9.65. The van der Waals surface area contributed by atoms with E-state index in [0.29, 0.717) is 18.1 Å². The summed E-state index contributed by atoms with van der Waals surface area (Å²) in [7, 11) is 0. The molecule has 3 aromatic heterocycles. The highest BCUT2D eigenvalue weighted by molar-refractivity contribution is 5.94. The van der Waals surface area contributed by atoms with Crippen molar-refractivity contribution >= 4 is 11.0 Å². The van der Waals surface area contributed by atoms with Gasteiger partial charge in [-0.05, 0) is 79.5 Å². The fraction of sp³-hybridized carbons (Fsp3) is 0.324. The normalized spacial score (nSPS) is 22.5. The molecule has 1 N–H and O–H groups in total. The topological polar surface area (TPSA) is 66.9 Å². The lowest BCUT2D eigenvalue weighted by Crippen LogP contribution is -2.66. The number of rotatable bonds is 4. The van der Waals surface area contributed by atoms with Crippen molar-refractivity contribution in [2.24, 2.45) is 0 Å². The molecule has 8 rings (SSSR count). The van der Waals surface area contributed by atoms with Gasteiger partial charge in [-0.1, -0.05) is 42.5 Å². The van der Waals surface area contributed by atoms with Gasteiger partial charge in [0.25, 0.3) is 0 Å². The summed E-state index contributed by atoms with van der Waals surface area (Å²) in [6, 6.07) is 23.8. The first-order valence-corrected chi connectivity index (χ1v) is 14.6. The molecule has 0 saturated carbocycles. The highest BCUT2D eigenvalue weighted by Gasteiger charge is 2.45. The van der Waals surface area contributed by atoms with E-state index >= 15 is 0 Å². The Labute approximate surface area is 234 Å². The van der Waals surface area contributed by atoms with Crippen LogP contribution in [0, 0.1) is 6.92 Å². The predicted octanol–water partition coefficient (Wildman–Crippen LogP) is 6.38. The average molecular weight is 528 g/mol. The minimum Gasteiger partial charge on any atom is -0.378 e. The molecule has 6 nitrogen and oxygen atoms in total. The summed E-state index contributed by atoms with van der Waals surface area (Å²) >= 11 is 0. The summed E-state index contributed by atoms with van der Waals surface area (Å²) < 4.78 is 5.75. The van der Waals surface area contributed by atoms with Crippen molar-refractivity contribution in [3.63, 3.8) is 0 Å². The highest BCUT2D eigenvalue weighted by atomic mass is 16.5. The molecular weight excluding hydrogens is 494 g/mol. The molecule has 2 saturated heterocycles. The summed E-state index contributed by atoms with van der Waals surface area (Å²) in [6.45, 7) is 3.94. The molecule has 2 unspecified atom stereocenters. The Hall–Kier alpha value is -3.87. The van der Waals surface area contributed by atoms with E-state index in [-0.39, 0.29) is 0 Å². The molecule has 1 aliphatic carbocycles. The lowest BCUT2D eigenvalue weighted by atomic mass is 9.87. The van der Waals surface area contributed by atoms with Crippen LogP contribution in [0.4, 0.5) is 0 Å². The van der Waals surface area contributed by atoms with Crippen LogP contribution in [-0.4, -0.2) is 56.4 Å². The molecule has 2 aliphatic heterocycles. The second-order valence-corrected chi connectivity index (χ2v) is 11.7. The monoisotopic (exact) mass is 527 g/mol. The number of nitrogens with zero attached hydrogens (tertiary/aromatic N) is 4. The van der Waals surface area contributed by atoms with Gasteiger partial charge in [0.15, 0.2) is 5.65 Å². The number of fused-ring (bicyclic) bond motifs is 4. The molecule has 0 amide bonds. The summed E-state index contributed by atoms with van der Waals surface area (Å²) in [5, 5.41) is 8.82. The third-order valence-electron chi connectivity index (χ3n) is 9.31. The van der Waals surface area contributed by atoms with Crippen LogP contribution in [0.5, 0.6) is 0 Å². The summed E-state index contributed by atoms with van der Waals surface area (Å²) in [6.07, 6.45) is 9.92. The number of H-pyrrole nitrogens is 1. The van der Waals surface area contributed by atoms with Crippen molar-refractivity contribution in [2.45, 2.75) is 57.2 Å². The number of aromatic nitrogens is 4. The zero-order valence-electron chi connectivity index (χ0n) is 22.8. The smallest absolute Gasteiger partial charge is 0.181 e. The molecule has 0 spiro atoms. The van der Waals surface area contributed by atoms with Gasteiger partial charge in [-0.3, -0.25) is 15.0 Å². The average Bonchev–Trinajstić information content (AvgIpc) is 3.32. The zero-order chi connectivity index (χ0) is 26.6. The maximum absolute atomic E-state index is 5.75. The van der Waals surface area contributed by atoms with Gasteiger partial charge in [-0.2, -0.15) is 5.10 Å². The molecule has 3 atom stereocenters. The van der Waals surface area contributed by atoms with Gasteiger partial charge in [0.1, 0.15) is 0 Å². The van der Waals surface area contributed by atoms with Gasteiger partial charge in [0.05, 0.1) is 24.6 Å². The lowest BCUT2D eigenvalue weighted by Gasteiger charge is -2.56. The van der Waals surface area contributed by atoms with Crippen LogP contribution in [-0.2, 0) is 17.6 Å². The van der Waals surface area contributed by atoms with Crippen LogP contribution in [0.25, 0.3) is 44.7 Å². The summed E-state index contributed by atoms with van der Waals surface area (Å²) in [4.78, 5) is 12.1. The Morgan fingerprint density at radius 3 is 2.50 bits per heavy atom. The molecule has 200 valence electrons. The predicted molar refractivity (Wildman–Crippen MR) is 158 cm³/mol. The standard InChI is InChI=1S/C34H33N5O/c1-21-4-3-13-35-32(21)25-5-2-6-26(15-25)33-31-16-27(18-36-34(31)38-37-33)24-8-7-22-9-11-28(12-10-23(22)14-24)39-29-17-30(39)20-40-19-29/h2-8,13-16,18,28-30H,9-12,17,19-20H2,1H3,(H,36,37,38)/t28-,29?,30?/m0/s1. The van der Waals surface area contributed by atoms with Crippen LogP contribution in [0.3, 0.4) is 0 Å².